The van der Waals surface area contributed by atoms with E-state index in [-0.39, 0.29) is 5.91 Å². The van der Waals surface area contributed by atoms with Crippen LogP contribution in [0.15, 0.2) is 30.7 Å². The zero-order valence-corrected chi connectivity index (χ0v) is 14.5. The summed E-state index contributed by atoms with van der Waals surface area (Å²) >= 11 is 1.47. The Hall–Kier alpha value is -3.01. The van der Waals surface area contributed by atoms with Crippen molar-refractivity contribution < 1.29 is 9.59 Å². The van der Waals surface area contributed by atoms with Crippen molar-refractivity contribution in [3.63, 3.8) is 0 Å². The number of rotatable bonds is 2. The Morgan fingerprint density at radius 2 is 2.23 bits per heavy atom. The fourth-order valence-electron chi connectivity index (χ4n) is 3.51. The van der Waals surface area contributed by atoms with E-state index in [0.717, 1.165) is 34.3 Å². The van der Waals surface area contributed by atoms with Gasteiger partial charge in [-0.05, 0) is 25.0 Å². The molecule has 132 valence electrons. The second-order valence-electron chi connectivity index (χ2n) is 6.50. The first kappa shape index (κ1) is 15.3. The number of piperidine rings is 1. The first-order chi connectivity index (χ1) is 12.6. The summed E-state index contributed by atoms with van der Waals surface area (Å²) in [4.78, 5) is 35.3. The van der Waals surface area contributed by atoms with Crippen molar-refractivity contribution in [3.05, 3.63) is 30.7 Å². The lowest BCUT2D eigenvalue weighted by molar-refractivity contribution is -0.124. The summed E-state index contributed by atoms with van der Waals surface area (Å²) in [5.41, 5.74) is 0.902. The summed E-state index contributed by atoms with van der Waals surface area (Å²) < 4.78 is 1.75. The minimum Gasteiger partial charge on any atom is -0.344 e. The van der Waals surface area contributed by atoms with Crippen molar-refractivity contribution in [1.29, 1.82) is 0 Å². The van der Waals surface area contributed by atoms with Crippen LogP contribution in [0.1, 0.15) is 12.8 Å². The molecule has 26 heavy (non-hydrogen) atoms. The number of carbonyl (C=O) groups excluding carboxylic acids is 2. The van der Waals surface area contributed by atoms with Gasteiger partial charge in [0.1, 0.15) is 5.54 Å². The van der Waals surface area contributed by atoms with Crippen LogP contribution in [0.25, 0.3) is 16.2 Å². The van der Waals surface area contributed by atoms with E-state index in [2.05, 4.69) is 25.7 Å². The topological polar surface area (TPSA) is 105 Å². The highest BCUT2D eigenvalue weighted by Gasteiger charge is 2.49. The van der Waals surface area contributed by atoms with Crippen LogP contribution in [-0.4, -0.2) is 50.1 Å². The van der Waals surface area contributed by atoms with Gasteiger partial charge in [-0.3, -0.25) is 15.1 Å². The standard InChI is InChI=1S/C16H15N7O2S/c24-12-16(20-13(25)19-12)4-2-6-22(9-16)15-21-23-8-11(18-14(23)26-15)10-3-1-5-17-7-10/h1,3,5,7-8H,2,4,6,9H2,(H2,19,20,24,25). The lowest BCUT2D eigenvalue weighted by atomic mass is 9.89. The van der Waals surface area contributed by atoms with Crippen LogP contribution in [0, 0.1) is 0 Å². The van der Waals surface area contributed by atoms with Gasteiger partial charge in [0, 0.05) is 24.5 Å². The number of imidazole rings is 1. The maximum Gasteiger partial charge on any atom is 0.322 e. The summed E-state index contributed by atoms with van der Waals surface area (Å²) in [6.45, 7) is 1.20. The maximum absolute atomic E-state index is 12.2. The molecule has 2 aliphatic heterocycles. The number of imide groups is 1. The molecule has 5 heterocycles. The molecule has 2 N–H and O–H groups in total. The molecular formula is C16H15N7O2S. The Labute approximate surface area is 152 Å². The van der Waals surface area contributed by atoms with E-state index in [1.54, 1.807) is 16.9 Å². The lowest BCUT2D eigenvalue weighted by Crippen LogP contribution is -2.58. The van der Waals surface area contributed by atoms with Gasteiger partial charge >= 0.3 is 6.03 Å². The van der Waals surface area contributed by atoms with Gasteiger partial charge in [0.25, 0.3) is 5.91 Å². The third-order valence-electron chi connectivity index (χ3n) is 4.77. The molecular weight excluding hydrogens is 354 g/mol. The Balaban J connectivity index is 1.43. The highest BCUT2D eigenvalue weighted by atomic mass is 32.1. The molecule has 1 spiro atoms. The average Bonchev–Trinajstić information content (AvgIpc) is 3.28. The second-order valence-corrected chi connectivity index (χ2v) is 7.43. The maximum atomic E-state index is 12.2. The fourth-order valence-corrected chi connectivity index (χ4v) is 4.41. The number of anilines is 1. The molecule has 3 aromatic rings. The van der Waals surface area contributed by atoms with Crippen molar-refractivity contribution in [1.82, 2.24) is 30.2 Å². The van der Waals surface area contributed by atoms with Crippen molar-refractivity contribution in [2.45, 2.75) is 18.4 Å². The molecule has 0 radical (unpaired) electrons. The summed E-state index contributed by atoms with van der Waals surface area (Å²) in [5.74, 6) is -0.257. The molecule has 2 saturated heterocycles. The SMILES string of the molecule is O=C1NC(=O)C2(CCCN(c3nn4cc(-c5cccnc5)nc4s3)C2)N1. The monoisotopic (exact) mass is 369 g/mol. The van der Waals surface area contributed by atoms with E-state index in [1.807, 2.05) is 23.2 Å². The number of fused-ring (bicyclic) bond motifs is 1. The minimum absolute atomic E-state index is 0.257. The largest absolute Gasteiger partial charge is 0.344 e. The van der Waals surface area contributed by atoms with Crippen molar-refractivity contribution in [2.75, 3.05) is 18.0 Å². The molecule has 1 unspecified atom stereocenters. The molecule has 3 amide bonds. The van der Waals surface area contributed by atoms with Crippen LogP contribution in [0.3, 0.4) is 0 Å². The van der Waals surface area contributed by atoms with Crippen LogP contribution in [-0.2, 0) is 4.79 Å². The van der Waals surface area contributed by atoms with Crippen LogP contribution in [0.4, 0.5) is 9.93 Å². The molecule has 3 aromatic heterocycles. The number of aromatic nitrogens is 4. The Morgan fingerprint density at radius 3 is 2.96 bits per heavy atom. The van der Waals surface area contributed by atoms with Gasteiger partial charge in [-0.2, -0.15) is 0 Å². The Morgan fingerprint density at radius 1 is 1.31 bits per heavy atom. The number of nitrogens with one attached hydrogen (secondary N) is 2. The first-order valence-corrected chi connectivity index (χ1v) is 9.10. The summed E-state index contributed by atoms with van der Waals surface area (Å²) in [6.07, 6.45) is 6.80. The lowest BCUT2D eigenvalue weighted by Gasteiger charge is -2.37. The molecule has 9 nitrogen and oxygen atoms in total. The number of pyridine rings is 1. The molecule has 2 fully saturated rings. The van der Waals surface area contributed by atoms with Crippen molar-refractivity contribution >= 4 is 33.4 Å². The van der Waals surface area contributed by atoms with Crippen LogP contribution in [0.2, 0.25) is 0 Å². The smallest absolute Gasteiger partial charge is 0.322 e. The number of nitrogens with zero attached hydrogens (tertiary/aromatic N) is 5. The second kappa shape index (κ2) is 5.49. The molecule has 2 aliphatic rings. The molecule has 5 rings (SSSR count). The molecule has 0 bridgehead atoms. The van der Waals surface area contributed by atoms with E-state index < -0.39 is 11.6 Å². The van der Waals surface area contributed by atoms with Crippen molar-refractivity contribution in [2.24, 2.45) is 0 Å². The zero-order chi connectivity index (χ0) is 17.7. The van der Waals surface area contributed by atoms with Gasteiger partial charge in [0.15, 0.2) is 0 Å². The summed E-state index contributed by atoms with van der Waals surface area (Å²) in [5, 5.41) is 10.5. The highest BCUT2D eigenvalue weighted by molar-refractivity contribution is 7.20. The highest BCUT2D eigenvalue weighted by Crippen LogP contribution is 2.32. The summed E-state index contributed by atoms with van der Waals surface area (Å²) in [7, 11) is 0. The van der Waals surface area contributed by atoms with Gasteiger partial charge in [-0.15, -0.1) is 5.10 Å². The van der Waals surface area contributed by atoms with Crippen LogP contribution >= 0.6 is 11.3 Å². The van der Waals surface area contributed by atoms with Gasteiger partial charge in [-0.25, -0.2) is 14.3 Å². The predicted molar refractivity (Wildman–Crippen MR) is 94.9 cm³/mol. The minimum atomic E-state index is -0.857. The van der Waals surface area contributed by atoms with Crippen LogP contribution < -0.4 is 15.5 Å². The number of urea groups is 1. The zero-order valence-electron chi connectivity index (χ0n) is 13.7. The molecule has 0 saturated carbocycles. The van der Waals surface area contributed by atoms with E-state index in [4.69, 9.17) is 0 Å². The Kier molecular flexibility index (Phi) is 3.23. The van der Waals surface area contributed by atoms with Gasteiger partial charge in [0.05, 0.1) is 18.4 Å². The average molecular weight is 369 g/mol. The first-order valence-electron chi connectivity index (χ1n) is 8.28. The van der Waals surface area contributed by atoms with Crippen molar-refractivity contribution in [3.8, 4) is 11.3 Å². The molecule has 0 aliphatic carbocycles. The number of carbonyl (C=O) groups is 2. The van der Waals surface area contributed by atoms with Crippen LogP contribution in [0.5, 0.6) is 0 Å². The normalized spacial score (nSPS) is 22.8. The van der Waals surface area contributed by atoms with Gasteiger partial charge in [-0.1, -0.05) is 11.3 Å². The van der Waals surface area contributed by atoms with Gasteiger partial charge < -0.3 is 10.2 Å². The molecule has 10 heteroatoms. The summed E-state index contributed by atoms with van der Waals surface area (Å²) in [6, 6.07) is 3.40. The van der Waals surface area contributed by atoms with E-state index in [1.165, 1.54) is 11.3 Å². The van der Waals surface area contributed by atoms with E-state index >= 15 is 0 Å². The Bertz CT molecular complexity index is 983. The van der Waals surface area contributed by atoms with Gasteiger partial charge in [0.2, 0.25) is 10.1 Å². The number of amides is 3. The third-order valence-corrected chi connectivity index (χ3v) is 5.75. The number of hydrogen-bond acceptors (Lipinski definition) is 7. The third kappa shape index (κ3) is 2.33. The molecule has 0 aromatic carbocycles. The number of hydrogen-bond donors (Lipinski definition) is 2. The van der Waals surface area contributed by atoms with E-state index in [0.29, 0.717) is 13.0 Å². The quantitative estimate of drug-likeness (QED) is 0.654. The van der Waals surface area contributed by atoms with E-state index in [9.17, 15) is 9.59 Å². The fraction of sp³-hybridized carbons (Fsp3) is 0.312. The molecule has 1 atom stereocenters. The predicted octanol–water partition coefficient (Wildman–Crippen LogP) is 1.03.